The van der Waals surface area contributed by atoms with Crippen molar-refractivity contribution >= 4 is 17.1 Å². The average Bonchev–Trinajstić information content (AvgIpc) is 3.45. The molecule has 2 aromatic heterocycles. The molecule has 32 heavy (non-hydrogen) atoms. The van der Waals surface area contributed by atoms with Gasteiger partial charge >= 0.3 is 6.03 Å². The number of aromatic nitrogens is 3. The molecular weight excluding hydrogens is 398 g/mol. The third-order valence-corrected chi connectivity index (χ3v) is 6.18. The fourth-order valence-corrected chi connectivity index (χ4v) is 4.53. The van der Waals surface area contributed by atoms with Crippen LogP contribution in [-0.4, -0.2) is 57.6 Å². The van der Waals surface area contributed by atoms with Crippen molar-refractivity contribution in [1.29, 1.82) is 0 Å². The number of imidazole rings is 1. The number of nitrogens with zero attached hydrogens (tertiary/aromatic N) is 5. The number of urea groups is 1. The largest absolute Gasteiger partial charge is 0.331 e. The first-order valence-electron chi connectivity index (χ1n) is 11.0. The van der Waals surface area contributed by atoms with Gasteiger partial charge in [-0.05, 0) is 29.5 Å². The summed E-state index contributed by atoms with van der Waals surface area (Å²) in [5.41, 5.74) is 5.45. The number of pyridine rings is 1. The molecule has 5 rings (SSSR count). The van der Waals surface area contributed by atoms with Gasteiger partial charge in [0.2, 0.25) is 0 Å². The number of carbonyl (C=O) groups excluding carboxylic acids is 1. The van der Waals surface area contributed by atoms with E-state index >= 15 is 0 Å². The topological polar surface area (TPSA) is 54.3 Å². The van der Waals surface area contributed by atoms with Gasteiger partial charge in [-0.1, -0.05) is 54.6 Å². The first-order valence-corrected chi connectivity index (χ1v) is 11.0. The zero-order valence-corrected chi connectivity index (χ0v) is 18.5. The quantitative estimate of drug-likeness (QED) is 0.473. The molecule has 1 saturated heterocycles. The molecule has 2 aromatic carbocycles. The van der Waals surface area contributed by atoms with Gasteiger partial charge in [0.25, 0.3) is 0 Å². The molecule has 0 aliphatic carbocycles. The summed E-state index contributed by atoms with van der Waals surface area (Å²) in [6.07, 6.45) is 4.64. The van der Waals surface area contributed by atoms with Gasteiger partial charge in [0, 0.05) is 45.5 Å². The smallest absolute Gasteiger partial charge is 0.319 e. The molecule has 3 heterocycles. The standard InChI is InChI=1S/C26H27N5O/c1-29(2)26(32)30-15-13-19(17-30)18-31-24-12-14-27-16-23(24)28-25(31)22-10-8-21(9-11-22)20-6-4-3-5-7-20/h3-12,14,16,19H,13,15,17-18H2,1-2H3/t19-/m0/s1. The molecule has 0 unspecified atom stereocenters. The minimum atomic E-state index is 0.0870. The summed E-state index contributed by atoms with van der Waals surface area (Å²) < 4.78 is 2.29. The number of likely N-dealkylation sites (tertiary alicyclic amines) is 1. The van der Waals surface area contributed by atoms with Crippen molar-refractivity contribution in [2.45, 2.75) is 13.0 Å². The number of rotatable bonds is 4. The highest BCUT2D eigenvalue weighted by Crippen LogP contribution is 2.29. The monoisotopic (exact) mass is 425 g/mol. The van der Waals surface area contributed by atoms with Gasteiger partial charge in [-0.3, -0.25) is 4.98 Å². The third-order valence-electron chi connectivity index (χ3n) is 6.18. The molecule has 0 N–H and O–H groups in total. The van der Waals surface area contributed by atoms with E-state index in [-0.39, 0.29) is 6.03 Å². The summed E-state index contributed by atoms with van der Waals surface area (Å²) in [6.45, 7) is 2.40. The van der Waals surface area contributed by atoms with Crippen LogP contribution in [0.15, 0.2) is 73.1 Å². The van der Waals surface area contributed by atoms with Crippen LogP contribution < -0.4 is 0 Å². The second-order valence-electron chi connectivity index (χ2n) is 8.63. The molecule has 1 fully saturated rings. The Morgan fingerprint density at radius 2 is 1.72 bits per heavy atom. The van der Waals surface area contributed by atoms with Crippen LogP contribution in [-0.2, 0) is 6.54 Å². The van der Waals surface area contributed by atoms with Crippen molar-refractivity contribution in [2.75, 3.05) is 27.2 Å². The average molecular weight is 426 g/mol. The van der Waals surface area contributed by atoms with Crippen molar-refractivity contribution in [1.82, 2.24) is 24.3 Å². The minimum Gasteiger partial charge on any atom is -0.331 e. The second kappa shape index (κ2) is 8.46. The minimum absolute atomic E-state index is 0.0870. The Kier molecular flexibility index (Phi) is 5.35. The molecule has 162 valence electrons. The zero-order chi connectivity index (χ0) is 22.1. The lowest BCUT2D eigenvalue weighted by Crippen LogP contribution is -2.37. The molecule has 1 atom stereocenters. The second-order valence-corrected chi connectivity index (χ2v) is 8.63. The number of carbonyl (C=O) groups is 1. The van der Waals surface area contributed by atoms with Gasteiger partial charge in [-0.25, -0.2) is 9.78 Å². The third kappa shape index (κ3) is 3.84. The van der Waals surface area contributed by atoms with Crippen molar-refractivity contribution in [3.8, 4) is 22.5 Å². The molecule has 6 heteroatoms. The lowest BCUT2D eigenvalue weighted by molar-refractivity contribution is 0.179. The predicted molar refractivity (Wildman–Crippen MR) is 127 cm³/mol. The lowest BCUT2D eigenvalue weighted by atomic mass is 10.0. The summed E-state index contributed by atoms with van der Waals surface area (Å²) in [5.74, 6) is 1.34. The fraction of sp³-hybridized carbons (Fsp3) is 0.269. The van der Waals surface area contributed by atoms with E-state index in [0.717, 1.165) is 48.5 Å². The maximum atomic E-state index is 12.4. The number of amides is 2. The first kappa shape index (κ1) is 20.2. The molecule has 1 aliphatic heterocycles. The van der Waals surface area contributed by atoms with Gasteiger partial charge in [0.15, 0.2) is 0 Å². The molecule has 0 bridgehead atoms. The van der Waals surface area contributed by atoms with Crippen LogP contribution in [0.25, 0.3) is 33.5 Å². The fourth-order valence-electron chi connectivity index (χ4n) is 4.53. The van der Waals surface area contributed by atoms with Crippen LogP contribution in [0, 0.1) is 5.92 Å². The molecule has 0 radical (unpaired) electrons. The Balaban J connectivity index is 1.46. The van der Waals surface area contributed by atoms with Gasteiger partial charge in [0.05, 0.1) is 11.7 Å². The van der Waals surface area contributed by atoms with Crippen molar-refractivity contribution in [2.24, 2.45) is 5.92 Å². The predicted octanol–water partition coefficient (Wildman–Crippen LogP) is 4.77. The van der Waals surface area contributed by atoms with E-state index in [1.165, 1.54) is 11.1 Å². The summed E-state index contributed by atoms with van der Waals surface area (Å²) in [5, 5.41) is 0. The van der Waals surface area contributed by atoms with E-state index in [1.807, 2.05) is 43.5 Å². The van der Waals surface area contributed by atoms with Gasteiger partial charge in [-0.2, -0.15) is 0 Å². The van der Waals surface area contributed by atoms with Crippen LogP contribution in [0.1, 0.15) is 6.42 Å². The molecular formula is C26H27N5O. The number of fused-ring (bicyclic) bond motifs is 1. The highest BCUT2D eigenvalue weighted by Gasteiger charge is 2.28. The van der Waals surface area contributed by atoms with Crippen molar-refractivity contribution < 1.29 is 4.79 Å². The Hall–Kier alpha value is -3.67. The molecule has 4 aromatic rings. The highest BCUT2D eigenvalue weighted by atomic mass is 16.2. The maximum Gasteiger partial charge on any atom is 0.319 e. The number of hydrogen-bond acceptors (Lipinski definition) is 3. The van der Waals surface area contributed by atoms with Gasteiger partial charge in [-0.15, -0.1) is 0 Å². The first-order chi connectivity index (χ1) is 15.6. The SMILES string of the molecule is CN(C)C(=O)N1CC[C@H](Cn2c(-c3ccc(-c4ccccc4)cc3)nc3cnccc32)C1. The molecule has 2 amide bonds. The molecule has 1 aliphatic rings. The van der Waals surface area contributed by atoms with E-state index in [2.05, 4.69) is 58.1 Å². The summed E-state index contributed by atoms with van der Waals surface area (Å²) in [4.78, 5) is 25.2. The Bertz CT molecular complexity index is 1230. The number of benzene rings is 2. The highest BCUT2D eigenvalue weighted by molar-refractivity contribution is 5.80. The molecule has 0 spiro atoms. The Morgan fingerprint density at radius 3 is 2.47 bits per heavy atom. The van der Waals surface area contributed by atoms with Crippen LogP contribution in [0.5, 0.6) is 0 Å². The van der Waals surface area contributed by atoms with E-state index in [9.17, 15) is 4.79 Å². The summed E-state index contributed by atoms with van der Waals surface area (Å²) in [6, 6.07) is 21.1. The van der Waals surface area contributed by atoms with E-state index in [4.69, 9.17) is 4.98 Å². The van der Waals surface area contributed by atoms with Crippen molar-refractivity contribution in [3.63, 3.8) is 0 Å². The van der Waals surface area contributed by atoms with E-state index in [1.54, 1.807) is 4.90 Å². The Morgan fingerprint density at radius 1 is 1.00 bits per heavy atom. The number of hydrogen-bond donors (Lipinski definition) is 0. The molecule has 6 nitrogen and oxygen atoms in total. The maximum absolute atomic E-state index is 12.4. The van der Waals surface area contributed by atoms with E-state index < -0.39 is 0 Å². The lowest BCUT2D eigenvalue weighted by Gasteiger charge is -2.21. The molecule has 0 saturated carbocycles. The van der Waals surface area contributed by atoms with Crippen LogP contribution >= 0.6 is 0 Å². The van der Waals surface area contributed by atoms with Crippen LogP contribution in [0.3, 0.4) is 0 Å². The Labute approximate surface area is 188 Å². The van der Waals surface area contributed by atoms with Gasteiger partial charge in [0.1, 0.15) is 11.3 Å². The van der Waals surface area contributed by atoms with Gasteiger partial charge < -0.3 is 14.4 Å². The van der Waals surface area contributed by atoms with E-state index in [0.29, 0.717) is 5.92 Å². The normalized spacial score (nSPS) is 15.9. The summed E-state index contributed by atoms with van der Waals surface area (Å²) in [7, 11) is 3.62. The van der Waals surface area contributed by atoms with Crippen LogP contribution in [0.2, 0.25) is 0 Å². The zero-order valence-electron chi connectivity index (χ0n) is 18.5. The van der Waals surface area contributed by atoms with Crippen molar-refractivity contribution in [3.05, 3.63) is 73.1 Å². The van der Waals surface area contributed by atoms with Crippen LogP contribution in [0.4, 0.5) is 4.79 Å². The summed E-state index contributed by atoms with van der Waals surface area (Å²) >= 11 is 0.